The van der Waals surface area contributed by atoms with Crippen molar-refractivity contribution in [3.05, 3.63) is 78.2 Å². The van der Waals surface area contributed by atoms with Gasteiger partial charge in [0.05, 0.1) is 4.90 Å². The normalized spacial score (nSPS) is 17.3. The third kappa shape index (κ3) is 4.95. The zero-order chi connectivity index (χ0) is 22.8. The van der Waals surface area contributed by atoms with Gasteiger partial charge in [-0.2, -0.15) is 0 Å². The first kappa shape index (κ1) is 22.1. The smallest absolute Gasteiger partial charge is 0.240 e. The van der Waals surface area contributed by atoms with Crippen LogP contribution in [0.3, 0.4) is 0 Å². The van der Waals surface area contributed by atoms with Crippen molar-refractivity contribution in [1.29, 1.82) is 0 Å². The van der Waals surface area contributed by atoms with Crippen LogP contribution in [0.2, 0.25) is 0 Å². The van der Waals surface area contributed by atoms with Gasteiger partial charge in [-0.15, -0.1) is 0 Å². The average molecular weight is 466 g/mol. The van der Waals surface area contributed by atoms with Gasteiger partial charge in [-0.05, 0) is 84.9 Å². The zero-order valence-electron chi connectivity index (χ0n) is 18.4. The van der Waals surface area contributed by atoms with Crippen molar-refractivity contribution >= 4 is 31.7 Å². The molecule has 1 atom stereocenters. The number of aromatic amines is 1. The maximum Gasteiger partial charge on any atom is 0.240 e. The highest BCUT2D eigenvalue weighted by Gasteiger charge is 2.24. The second kappa shape index (κ2) is 9.25. The van der Waals surface area contributed by atoms with E-state index < -0.39 is 10.0 Å². The van der Waals surface area contributed by atoms with Gasteiger partial charge in [0, 0.05) is 30.2 Å². The van der Waals surface area contributed by atoms with Crippen LogP contribution in [0.15, 0.2) is 71.8 Å². The second-order valence-corrected chi connectivity index (χ2v) is 10.7. The third-order valence-corrected chi connectivity index (χ3v) is 8.03. The minimum Gasteiger partial charge on any atom is -0.361 e. The van der Waals surface area contributed by atoms with Crippen molar-refractivity contribution in [2.75, 3.05) is 26.2 Å². The number of aryl methyl sites for hydroxylation is 1. The fourth-order valence-corrected chi connectivity index (χ4v) is 5.93. The number of hydrogen-bond acceptors (Lipinski definition) is 3. The van der Waals surface area contributed by atoms with Crippen LogP contribution in [0.4, 0.5) is 4.39 Å². The van der Waals surface area contributed by atoms with Crippen molar-refractivity contribution in [3.8, 4) is 0 Å². The number of nitrogens with zero attached hydrogens (tertiary/aromatic N) is 1. The highest BCUT2D eigenvalue weighted by Crippen LogP contribution is 2.23. The molecule has 5 nitrogen and oxygen atoms in total. The lowest BCUT2D eigenvalue weighted by Gasteiger charge is -2.16. The van der Waals surface area contributed by atoms with Crippen LogP contribution in [-0.2, 0) is 16.4 Å². The van der Waals surface area contributed by atoms with E-state index in [9.17, 15) is 12.8 Å². The predicted molar refractivity (Wildman–Crippen MR) is 130 cm³/mol. The van der Waals surface area contributed by atoms with E-state index in [1.165, 1.54) is 6.07 Å². The van der Waals surface area contributed by atoms with E-state index in [0.717, 1.165) is 66.1 Å². The number of rotatable bonds is 8. The third-order valence-electron chi connectivity index (χ3n) is 6.61. The van der Waals surface area contributed by atoms with Crippen molar-refractivity contribution in [2.45, 2.75) is 24.2 Å². The molecule has 2 heterocycles. The van der Waals surface area contributed by atoms with Crippen molar-refractivity contribution in [1.82, 2.24) is 14.6 Å². The highest BCUT2D eigenvalue weighted by atomic mass is 32.2. The molecule has 7 heteroatoms. The van der Waals surface area contributed by atoms with Gasteiger partial charge in [-0.1, -0.05) is 30.3 Å². The topological polar surface area (TPSA) is 65.2 Å². The van der Waals surface area contributed by atoms with E-state index in [0.29, 0.717) is 17.4 Å². The van der Waals surface area contributed by atoms with Crippen LogP contribution in [0.25, 0.3) is 21.7 Å². The number of fused-ring (bicyclic) bond motifs is 2. The van der Waals surface area contributed by atoms with Gasteiger partial charge >= 0.3 is 0 Å². The fraction of sp³-hybridized carbons (Fsp3) is 0.308. The van der Waals surface area contributed by atoms with E-state index in [-0.39, 0.29) is 5.82 Å². The summed E-state index contributed by atoms with van der Waals surface area (Å²) >= 11 is 0. The van der Waals surface area contributed by atoms with Crippen molar-refractivity contribution in [2.24, 2.45) is 5.92 Å². The molecule has 0 radical (unpaired) electrons. The van der Waals surface area contributed by atoms with Gasteiger partial charge in [-0.3, -0.25) is 0 Å². The molecule has 0 spiro atoms. The molecule has 33 heavy (non-hydrogen) atoms. The number of likely N-dealkylation sites (tertiary alicyclic amines) is 1. The van der Waals surface area contributed by atoms with Crippen LogP contribution in [0, 0.1) is 11.7 Å². The van der Waals surface area contributed by atoms with E-state index in [2.05, 4.69) is 14.6 Å². The summed E-state index contributed by atoms with van der Waals surface area (Å²) in [6, 6.07) is 17.9. The van der Waals surface area contributed by atoms with Gasteiger partial charge in [-0.25, -0.2) is 17.5 Å². The molecular weight excluding hydrogens is 437 g/mol. The second-order valence-electron chi connectivity index (χ2n) is 8.92. The Labute approximate surface area is 193 Å². The summed E-state index contributed by atoms with van der Waals surface area (Å²) in [6.45, 7) is 3.27. The fourth-order valence-electron chi connectivity index (χ4n) is 4.78. The standard InChI is InChI=1S/C26H28FN3O2S/c27-23-8-10-26-25(15-23)22(17-28-26)6-3-12-30-13-11-19(18-30)16-29-33(31,32)24-9-7-20-4-1-2-5-21(20)14-24/h1-2,4-5,7-10,14-15,17,19,28-29H,3,6,11-13,16,18H2. The Hall–Kier alpha value is -2.74. The number of H-pyrrole nitrogens is 1. The molecule has 1 aromatic heterocycles. The summed E-state index contributed by atoms with van der Waals surface area (Å²) in [5.41, 5.74) is 2.11. The quantitative estimate of drug-likeness (QED) is 0.397. The van der Waals surface area contributed by atoms with Crippen LogP contribution in [-0.4, -0.2) is 44.5 Å². The van der Waals surface area contributed by atoms with E-state index in [4.69, 9.17) is 0 Å². The van der Waals surface area contributed by atoms with Gasteiger partial charge in [0.25, 0.3) is 0 Å². The predicted octanol–water partition coefficient (Wildman–Crippen LogP) is 4.69. The zero-order valence-corrected chi connectivity index (χ0v) is 19.2. The molecule has 4 aromatic rings. The number of sulfonamides is 1. The molecule has 1 aliphatic heterocycles. The Bertz CT molecular complexity index is 1380. The molecule has 1 unspecified atom stereocenters. The Kier molecular flexibility index (Phi) is 6.19. The molecule has 5 rings (SSSR count). The molecule has 2 N–H and O–H groups in total. The minimum atomic E-state index is -3.53. The molecule has 0 amide bonds. The minimum absolute atomic E-state index is 0.211. The molecule has 0 aliphatic carbocycles. The molecule has 1 fully saturated rings. The van der Waals surface area contributed by atoms with Crippen LogP contribution < -0.4 is 4.72 Å². The first-order chi connectivity index (χ1) is 16.0. The number of hydrogen-bond donors (Lipinski definition) is 2. The van der Waals surface area contributed by atoms with E-state index >= 15 is 0 Å². The van der Waals surface area contributed by atoms with Crippen molar-refractivity contribution < 1.29 is 12.8 Å². The van der Waals surface area contributed by atoms with Gasteiger partial charge in [0.15, 0.2) is 0 Å². The average Bonchev–Trinajstić information content (AvgIpc) is 3.44. The van der Waals surface area contributed by atoms with Crippen LogP contribution in [0.1, 0.15) is 18.4 Å². The summed E-state index contributed by atoms with van der Waals surface area (Å²) in [5.74, 6) is 0.0966. The maximum atomic E-state index is 13.6. The highest BCUT2D eigenvalue weighted by molar-refractivity contribution is 7.89. The summed E-state index contributed by atoms with van der Waals surface area (Å²) in [6.07, 6.45) is 4.83. The van der Waals surface area contributed by atoms with Gasteiger partial charge in [0.1, 0.15) is 5.82 Å². The number of halogens is 1. The number of nitrogens with one attached hydrogen (secondary N) is 2. The lowest BCUT2D eigenvalue weighted by molar-refractivity contribution is 0.320. The maximum absolute atomic E-state index is 13.6. The SMILES string of the molecule is O=S(=O)(NCC1CCN(CCCc2c[nH]c3ccc(F)cc23)C1)c1ccc2ccccc2c1. The lowest BCUT2D eigenvalue weighted by atomic mass is 10.1. The molecule has 172 valence electrons. The first-order valence-electron chi connectivity index (χ1n) is 11.4. The number of aromatic nitrogens is 1. The first-order valence-corrected chi connectivity index (χ1v) is 12.9. The van der Waals surface area contributed by atoms with E-state index in [1.807, 2.05) is 36.5 Å². The Morgan fingerprint density at radius 2 is 1.91 bits per heavy atom. The molecule has 1 saturated heterocycles. The van der Waals surface area contributed by atoms with E-state index in [1.54, 1.807) is 24.3 Å². The Morgan fingerprint density at radius 3 is 2.79 bits per heavy atom. The van der Waals surface area contributed by atoms with Gasteiger partial charge in [0.2, 0.25) is 10.0 Å². The van der Waals surface area contributed by atoms with Crippen LogP contribution in [0.5, 0.6) is 0 Å². The summed E-state index contributed by atoms with van der Waals surface area (Å²) in [5, 5.41) is 2.91. The monoisotopic (exact) mass is 465 g/mol. The molecule has 0 bridgehead atoms. The molecule has 0 saturated carbocycles. The molecule has 3 aromatic carbocycles. The largest absolute Gasteiger partial charge is 0.361 e. The van der Waals surface area contributed by atoms with Gasteiger partial charge < -0.3 is 9.88 Å². The lowest BCUT2D eigenvalue weighted by Crippen LogP contribution is -2.31. The Balaban J connectivity index is 1.11. The summed E-state index contributed by atoms with van der Waals surface area (Å²) in [7, 11) is -3.53. The summed E-state index contributed by atoms with van der Waals surface area (Å²) < 4.78 is 42.0. The van der Waals surface area contributed by atoms with Crippen LogP contribution >= 0.6 is 0 Å². The number of benzene rings is 3. The van der Waals surface area contributed by atoms with Crippen molar-refractivity contribution in [3.63, 3.8) is 0 Å². The molecule has 1 aliphatic rings. The summed E-state index contributed by atoms with van der Waals surface area (Å²) in [4.78, 5) is 5.91. The molecular formula is C26H28FN3O2S. The Morgan fingerprint density at radius 1 is 1.06 bits per heavy atom.